The van der Waals surface area contributed by atoms with Crippen molar-refractivity contribution in [2.45, 2.75) is 71.4 Å². The topological polar surface area (TPSA) is 12.5 Å². The van der Waals surface area contributed by atoms with E-state index in [0.717, 1.165) is 42.8 Å². The van der Waals surface area contributed by atoms with Crippen molar-refractivity contribution in [1.82, 2.24) is 4.90 Å². The normalized spacial score (nSPS) is 25.2. The molecule has 0 atom stereocenters. The Kier molecular flexibility index (Phi) is 5.21. The number of ether oxygens (including phenoxy) is 1. The summed E-state index contributed by atoms with van der Waals surface area (Å²) in [6, 6.07) is 7.02. The maximum absolute atomic E-state index is 6.03. The molecule has 2 aliphatic heterocycles. The molecule has 24 heavy (non-hydrogen) atoms. The minimum Gasteiger partial charge on any atom is -0.493 e. The largest absolute Gasteiger partial charge is 0.493 e. The smallest absolute Gasteiger partial charge is 0.122 e. The van der Waals surface area contributed by atoms with Gasteiger partial charge in [0.2, 0.25) is 0 Å². The molecule has 2 saturated heterocycles. The molecule has 2 nitrogen and oxygen atoms in total. The highest BCUT2D eigenvalue weighted by molar-refractivity contribution is 5.43. The Bertz CT molecular complexity index is 629. The van der Waals surface area contributed by atoms with Crippen LogP contribution in [0.1, 0.15) is 64.0 Å². The number of rotatable bonds is 5. The zero-order chi connectivity index (χ0) is 17.2. The lowest BCUT2D eigenvalue weighted by Crippen LogP contribution is -2.61. The molecule has 130 valence electrons. The summed E-state index contributed by atoms with van der Waals surface area (Å²) in [6.45, 7) is 10.8. The maximum atomic E-state index is 6.03. The van der Waals surface area contributed by atoms with Crippen molar-refractivity contribution in [3.63, 3.8) is 0 Å². The summed E-state index contributed by atoms with van der Waals surface area (Å²) in [5, 5.41) is 0. The summed E-state index contributed by atoms with van der Waals surface area (Å²) in [4.78, 5) is 2.76. The third kappa shape index (κ3) is 3.47. The molecule has 1 saturated carbocycles. The Balaban J connectivity index is 1.51. The highest BCUT2D eigenvalue weighted by Gasteiger charge is 2.46. The highest BCUT2D eigenvalue weighted by atomic mass is 16.5. The van der Waals surface area contributed by atoms with Crippen LogP contribution in [0.15, 0.2) is 18.2 Å². The van der Waals surface area contributed by atoms with Gasteiger partial charge in [0.1, 0.15) is 5.75 Å². The van der Waals surface area contributed by atoms with Crippen LogP contribution in [0.4, 0.5) is 0 Å². The quantitative estimate of drug-likeness (QED) is 0.570. The lowest BCUT2D eigenvalue weighted by molar-refractivity contribution is -0.0684. The summed E-state index contributed by atoms with van der Waals surface area (Å²) < 4.78 is 6.03. The van der Waals surface area contributed by atoms with E-state index in [-0.39, 0.29) is 0 Å². The number of nitrogens with zero attached hydrogens (tertiary/aromatic N) is 1. The SMILES string of the molecule is CC#Cc1ccc(OCCCN2C3CCC(CC3)C2(C)C)c(C)c1. The van der Waals surface area contributed by atoms with Gasteiger partial charge in [-0.05, 0) is 89.5 Å². The highest BCUT2D eigenvalue weighted by Crippen LogP contribution is 2.45. The van der Waals surface area contributed by atoms with E-state index in [4.69, 9.17) is 4.74 Å². The molecule has 0 spiro atoms. The van der Waals surface area contributed by atoms with Crippen LogP contribution in [0.2, 0.25) is 0 Å². The molecular weight excluding hydrogens is 294 g/mol. The minimum atomic E-state index is 0.373. The predicted octanol–water partition coefficient (Wildman–Crippen LogP) is 4.79. The summed E-state index contributed by atoms with van der Waals surface area (Å²) >= 11 is 0. The van der Waals surface area contributed by atoms with E-state index in [9.17, 15) is 0 Å². The summed E-state index contributed by atoms with van der Waals surface area (Å²) in [6.07, 6.45) is 6.75. The third-order valence-electron chi connectivity index (χ3n) is 6.12. The molecule has 4 rings (SSSR count). The van der Waals surface area contributed by atoms with Gasteiger partial charge in [-0.25, -0.2) is 0 Å². The Hall–Kier alpha value is -1.46. The molecule has 2 heteroatoms. The second-order valence-electron chi connectivity index (χ2n) is 7.91. The molecule has 1 aliphatic carbocycles. The van der Waals surface area contributed by atoms with Crippen molar-refractivity contribution in [2.24, 2.45) is 5.92 Å². The first-order chi connectivity index (χ1) is 11.5. The van der Waals surface area contributed by atoms with E-state index in [2.05, 4.69) is 49.6 Å². The van der Waals surface area contributed by atoms with Crippen molar-refractivity contribution >= 4 is 0 Å². The van der Waals surface area contributed by atoms with Gasteiger partial charge < -0.3 is 4.74 Å². The average molecular weight is 325 g/mol. The average Bonchev–Trinajstić information content (AvgIpc) is 2.56. The summed E-state index contributed by atoms with van der Waals surface area (Å²) in [5.41, 5.74) is 2.61. The van der Waals surface area contributed by atoms with Gasteiger partial charge in [0.15, 0.2) is 0 Å². The molecule has 0 aromatic heterocycles. The van der Waals surface area contributed by atoms with Gasteiger partial charge in [-0.1, -0.05) is 5.92 Å². The molecular formula is C22H31NO. The zero-order valence-electron chi connectivity index (χ0n) is 15.7. The van der Waals surface area contributed by atoms with Crippen molar-refractivity contribution < 1.29 is 4.74 Å². The van der Waals surface area contributed by atoms with Crippen molar-refractivity contribution in [2.75, 3.05) is 13.2 Å². The fourth-order valence-corrected chi connectivity index (χ4v) is 4.72. The Morgan fingerprint density at radius 3 is 2.58 bits per heavy atom. The molecule has 0 amide bonds. The van der Waals surface area contributed by atoms with Crippen LogP contribution in [0.5, 0.6) is 5.75 Å². The molecule has 1 aromatic rings. The molecule has 2 heterocycles. The van der Waals surface area contributed by atoms with E-state index in [1.807, 2.05) is 13.0 Å². The molecule has 1 aromatic carbocycles. The van der Waals surface area contributed by atoms with Crippen LogP contribution < -0.4 is 4.74 Å². The van der Waals surface area contributed by atoms with Gasteiger partial charge in [-0.3, -0.25) is 4.90 Å². The lowest BCUT2D eigenvalue weighted by Gasteiger charge is -2.57. The summed E-state index contributed by atoms with van der Waals surface area (Å²) in [5.74, 6) is 7.93. The molecule has 0 radical (unpaired) electrons. The van der Waals surface area contributed by atoms with Crippen LogP contribution in [-0.4, -0.2) is 29.6 Å². The lowest BCUT2D eigenvalue weighted by atomic mass is 9.68. The zero-order valence-corrected chi connectivity index (χ0v) is 15.7. The number of hydrogen-bond acceptors (Lipinski definition) is 2. The number of benzene rings is 1. The van der Waals surface area contributed by atoms with Gasteiger partial charge in [0.05, 0.1) is 6.61 Å². The number of aryl methyl sites for hydroxylation is 1. The van der Waals surface area contributed by atoms with E-state index < -0.39 is 0 Å². The van der Waals surface area contributed by atoms with E-state index in [1.165, 1.54) is 31.2 Å². The molecule has 3 aliphatic rings. The fraction of sp³-hybridized carbons (Fsp3) is 0.636. The number of piperidine rings is 2. The van der Waals surface area contributed by atoms with Crippen molar-refractivity contribution in [3.8, 4) is 17.6 Å². The molecule has 2 bridgehead atoms. The van der Waals surface area contributed by atoms with Crippen molar-refractivity contribution in [1.29, 1.82) is 0 Å². The molecule has 0 unspecified atom stereocenters. The number of hydrogen-bond donors (Lipinski definition) is 0. The molecule has 3 fully saturated rings. The van der Waals surface area contributed by atoms with E-state index in [1.54, 1.807) is 0 Å². The standard InChI is InChI=1S/C22H31NO/c1-5-7-18-8-13-21(17(2)16-18)24-15-6-14-23-20-11-9-19(10-12-20)22(23,3)4/h8,13,16,19-20H,6,9-12,14-15H2,1-4H3. The van der Waals surface area contributed by atoms with Gasteiger partial charge in [-0.2, -0.15) is 0 Å². The first kappa shape index (κ1) is 17.4. The predicted molar refractivity (Wildman–Crippen MR) is 100 cm³/mol. The first-order valence-corrected chi connectivity index (χ1v) is 9.45. The maximum Gasteiger partial charge on any atom is 0.122 e. The van der Waals surface area contributed by atoms with E-state index >= 15 is 0 Å². The van der Waals surface area contributed by atoms with Crippen LogP contribution in [0.3, 0.4) is 0 Å². The number of fused-ring (bicyclic) bond motifs is 3. The fourth-order valence-electron chi connectivity index (χ4n) is 4.72. The van der Waals surface area contributed by atoms with Crippen molar-refractivity contribution in [3.05, 3.63) is 29.3 Å². The van der Waals surface area contributed by atoms with E-state index in [0.29, 0.717) is 5.54 Å². The summed E-state index contributed by atoms with van der Waals surface area (Å²) in [7, 11) is 0. The Morgan fingerprint density at radius 1 is 1.21 bits per heavy atom. The van der Waals surface area contributed by atoms with Crippen LogP contribution >= 0.6 is 0 Å². The van der Waals surface area contributed by atoms with Crippen LogP contribution in [-0.2, 0) is 0 Å². The third-order valence-corrected chi connectivity index (χ3v) is 6.12. The van der Waals surface area contributed by atoms with Gasteiger partial charge in [0, 0.05) is 23.7 Å². The Morgan fingerprint density at radius 2 is 1.96 bits per heavy atom. The first-order valence-electron chi connectivity index (χ1n) is 9.45. The second-order valence-corrected chi connectivity index (χ2v) is 7.91. The van der Waals surface area contributed by atoms with Gasteiger partial charge in [-0.15, -0.1) is 5.92 Å². The van der Waals surface area contributed by atoms with Gasteiger partial charge >= 0.3 is 0 Å². The van der Waals surface area contributed by atoms with Gasteiger partial charge in [0.25, 0.3) is 0 Å². The second kappa shape index (κ2) is 7.19. The minimum absolute atomic E-state index is 0.373. The van der Waals surface area contributed by atoms with Crippen LogP contribution in [0, 0.1) is 24.7 Å². The van der Waals surface area contributed by atoms with Crippen LogP contribution in [0.25, 0.3) is 0 Å². The molecule has 0 N–H and O–H groups in total. The monoisotopic (exact) mass is 325 g/mol. The Labute approximate surface area is 147 Å².